The molecule has 3 aliphatic rings. The lowest BCUT2D eigenvalue weighted by Crippen LogP contribution is -2.57. The number of hydrogen-bond donors (Lipinski definition) is 5. The minimum Gasteiger partial charge on any atom is -0.459 e. The fourth-order valence-electron chi connectivity index (χ4n) is 8.60. The average molecular weight is 777 g/mol. The number of hydrogen-bond acceptors (Lipinski definition) is 11. The third-order valence-electron chi connectivity index (χ3n) is 12.9. The van der Waals surface area contributed by atoms with Crippen molar-refractivity contribution in [1.82, 2.24) is 0 Å². The molecule has 55 heavy (non-hydrogen) atoms. The molecule has 0 unspecified atom stereocenters. The summed E-state index contributed by atoms with van der Waals surface area (Å²) in [4.78, 5) is 40.3. The molecule has 3 rings (SSSR count). The Bertz CT molecular complexity index is 1350. The number of carbonyl (C=O) groups excluding carboxylic acids is 3. The highest BCUT2D eigenvalue weighted by Gasteiger charge is 2.51. The largest absolute Gasteiger partial charge is 0.459 e. The molecule has 2 bridgehead atoms. The van der Waals surface area contributed by atoms with E-state index < -0.39 is 89.0 Å². The average Bonchev–Trinajstić information content (AvgIpc) is 3.14. The Balaban J connectivity index is 1.95. The van der Waals surface area contributed by atoms with Crippen LogP contribution < -0.4 is 0 Å². The van der Waals surface area contributed by atoms with Gasteiger partial charge < -0.3 is 39.7 Å². The molecule has 0 radical (unpaired) electrons. The van der Waals surface area contributed by atoms with Crippen molar-refractivity contribution in [2.24, 2.45) is 47.3 Å². The van der Waals surface area contributed by atoms with Crippen LogP contribution in [0, 0.1) is 47.3 Å². The molecule has 314 valence electrons. The number of aliphatic hydroxyl groups is 5. The van der Waals surface area contributed by atoms with Gasteiger partial charge in [-0.15, -0.1) is 0 Å². The molecular weight excluding hydrogens is 704 g/mol. The predicted octanol–water partition coefficient (Wildman–Crippen LogP) is 5.64. The molecule has 17 atom stereocenters. The minimum atomic E-state index is -2.18. The van der Waals surface area contributed by atoms with Crippen LogP contribution in [0.3, 0.4) is 0 Å². The topological polar surface area (TPSA) is 180 Å². The summed E-state index contributed by atoms with van der Waals surface area (Å²) in [7, 11) is 0. The molecule has 0 aromatic carbocycles. The number of ketones is 2. The van der Waals surface area contributed by atoms with Crippen LogP contribution in [0.4, 0.5) is 0 Å². The highest BCUT2D eigenvalue weighted by atomic mass is 16.7. The lowest BCUT2D eigenvalue weighted by Gasteiger charge is -2.52. The lowest BCUT2D eigenvalue weighted by atomic mass is 9.75. The maximum atomic E-state index is 13.5. The van der Waals surface area contributed by atoms with E-state index in [9.17, 15) is 39.9 Å². The number of ether oxygens (including phenoxy) is 3. The van der Waals surface area contributed by atoms with Crippen molar-refractivity contribution in [3.05, 3.63) is 36.5 Å². The number of carbonyl (C=O) groups is 3. The summed E-state index contributed by atoms with van der Waals surface area (Å²) in [5.74, 6) is -6.86. The van der Waals surface area contributed by atoms with Gasteiger partial charge in [-0.1, -0.05) is 85.8 Å². The van der Waals surface area contributed by atoms with Crippen molar-refractivity contribution in [3.63, 3.8) is 0 Å². The van der Waals surface area contributed by atoms with Crippen molar-refractivity contribution in [2.45, 2.75) is 175 Å². The second-order valence-corrected chi connectivity index (χ2v) is 17.6. The fraction of sp³-hybridized carbons (Fsp3) is 0.795. The van der Waals surface area contributed by atoms with E-state index in [4.69, 9.17) is 14.2 Å². The first-order valence-electron chi connectivity index (χ1n) is 20.8. The Morgan fingerprint density at radius 3 is 2.13 bits per heavy atom. The Morgan fingerprint density at radius 2 is 1.49 bits per heavy atom. The Morgan fingerprint density at radius 1 is 0.836 bits per heavy atom. The van der Waals surface area contributed by atoms with E-state index in [0.29, 0.717) is 32.1 Å². The smallest absolute Gasteiger partial charge is 0.330 e. The summed E-state index contributed by atoms with van der Waals surface area (Å²) in [6.45, 7) is 17.1. The molecule has 0 aromatic rings. The van der Waals surface area contributed by atoms with Crippen molar-refractivity contribution >= 4 is 17.5 Å². The number of allylic oxidation sites excluding steroid dienone is 4. The van der Waals surface area contributed by atoms with Gasteiger partial charge in [0, 0.05) is 48.5 Å². The molecule has 3 aliphatic heterocycles. The summed E-state index contributed by atoms with van der Waals surface area (Å²) in [5, 5.41) is 54.9. The van der Waals surface area contributed by atoms with E-state index in [1.54, 1.807) is 20.8 Å². The zero-order valence-electron chi connectivity index (χ0n) is 35.0. The van der Waals surface area contributed by atoms with Gasteiger partial charge in [0.05, 0.1) is 36.6 Å². The Labute approximate surface area is 329 Å². The lowest BCUT2D eigenvalue weighted by molar-refractivity contribution is -0.347. The summed E-state index contributed by atoms with van der Waals surface area (Å²) < 4.78 is 19.7. The molecule has 11 heteroatoms. The van der Waals surface area contributed by atoms with E-state index >= 15 is 0 Å². The summed E-state index contributed by atoms with van der Waals surface area (Å²) >= 11 is 0. The molecule has 0 aromatic heterocycles. The summed E-state index contributed by atoms with van der Waals surface area (Å²) in [5.41, 5.74) is -2.18. The van der Waals surface area contributed by atoms with Gasteiger partial charge in [-0.25, -0.2) is 4.79 Å². The molecule has 0 amide bonds. The van der Waals surface area contributed by atoms with Crippen LogP contribution in [0.1, 0.15) is 121 Å². The highest BCUT2D eigenvalue weighted by molar-refractivity contribution is 5.91. The van der Waals surface area contributed by atoms with Gasteiger partial charge in [0.15, 0.2) is 11.6 Å². The van der Waals surface area contributed by atoms with Crippen LogP contribution in [0.2, 0.25) is 0 Å². The number of aliphatic hydroxyl groups excluding tert-OH is 4. The molecular formula is C44H72O11. The van der Waals surface area contributed by atoms with E-state index in [0.717, 1.165) is 19.3 Å². The van der Waals surface area contributed by atoms with Gasteiger partial charge in [-0.05, 0) is 70.1 Å². The van der Waals surface area contributed by atoms with Gasteiger partial charge in [0.1, 0.15) is 17.5 Å². The van der Waals surface area contributed by atoms with Crippen molar-refractivity contribution in [3.8, 4) is 0 Å². The molecule has 5 N–H and O–H groups in total. The molecule has 2 fully saturated rings. The van der Waals surface area contributed by atoms with Crippen LogP contribution in [0.25, 0.3) is 0 Å². The maximum Gasteiger partial charge on any atom is 0.330 e. The quantitative estimate of drug-likeness (QED) is 0.224. The minimum absolute atomic E-state index is 0.144. The Hall–Kier alpha value is -2.25. The predicted molar refractivity (Wildman–Crippen MR) is 210 cm³/mol. The zero-order valence-corrected chi connectivity index (χ0v) is 35.0. The monoisotopic (exact) mass is 777 g/mol. The SMILES string of the molecule is CC[C@H]1C=C/C=C\C[C@@H](C)[C@H](O)[C@@](C)(O)C(=O)[C@@H](C)[C@H](O)[C@@H](C)C(=O)[C@@H](C)[C@H](O)[C@@H](C)/C=C\C(=O)O[C@H]2C[C@@]3(CC[C@H](C)[C@H](C[C@@H](C)O)O3)O[C@@H](CC1)[C@H]2C. The normalized spacial score (nSPS) is 45.5. The molecule has 2 saturated heterocycles. The first-order chi connectivity index (χ1) is 25.6. The van der Waals surface area contributed by atoms with E-state index in [-0.39, 0.29) is 30.0 Å². The van der Waals surface area contributed by atoms with Crippen LogP contribution in [-0.4, -0.2) is 97.2 Å². The maximum absolute atomic E-state index is 13.5. The van der Waals surface area contributed by atoms with Crippen LogP contribution in [0.5, 0.6) is 0 Å². The van der Waals surface area contributed by atoms with Gasteiger partial charge in [0.2, 0.25) is 0 Å². The van der Waals surface area contributed by atoms with E-state index in [1.165, 1.54) is 39.8 Å². The Kier molecular flexibility index (Phi) is 17.5. The van der Waals surface area contributed by atoms with Gasteiger partial charge in [-0.2, -0.15) is 0 Å². The number of esters is 1. The second kappa shape index (κ2) is 20.4. The number of Topliss-reactive ketones (excluding diaryl/α,β-unsaturated/α-hetero) is 2. The van der Waals surface area contributed by atoms with Crippen LogP contribution >= 0.6 is 0 Å². The van der Waals surface area contributed by atoms with Gasteiger partial charge >= 0.3 is 5.97 Å². The fourth-order valence-corrected chi connectivity index (χ4v) is 8.60. The molecule has 0 saturated carbocycles. The molecule has 0 aliphatic carbocycles. The first-order valence-corrected chi connectivity index (χ1v) is 20.8. The van der Waals surface area contributed by atoms with Gasteiger partial charge in [0.25, 0.3) is 0 Å². The molecule has 1 spiro atoms. The van der Waals surface area contributed by atoms with Crippen molar-refractivity contribution < 1.29 is 54.1 Å². The third kappa shape index (κ3) is 12.1. The molecule has 11 nitrogen and oxygen atoms in total. The van der Waals surface area contributed by atoms with Crippen LogP contribution in [0.15, 0.2) is 36.5 Å². The number of fused-ring (bicyclic) bond motifs is 2. The van der Waals surface area contributed by atoms with Crippen molar-refractivity contribution in [2.75, 3.05) is 0 Å². The molecule has 3 heterocycles. The van der Waals surface area contributed by atoms with Crippen molar-refractivity contribution in [1.29, 1.82) is 0 Å². The number of rotatable bonds is 3. The second-order valence-electron chi connectivity index (χ2n) is 17.6. The summed E-state index contributed by atoms with van der Waals surface area (Å²) in [6.07, 6.45) is 10.1. The standard InChI is InChI=1S/C44H72O11/c1-11-33-16-14-12-13-15-27(4)41(50)43(10,52)42(51)32(9)40(49)31(8)39(48)30(7)38(47)26(3)17-20-37(46)53-36-24-44(54-34(19-18-33)29(36)6)22-21-25(2)35(55-44)23-28(5)45/h12-14,16-17,20,25-36,38,40-41,45,47,49-50,52H,11,15,18-19,21-24H2,1-10H3/b13-12-,16-14?,20-17-/t25-,26-,27+,28+,29+,30-,31-,32-,33-,34-,35-,36-,38+,40+,41-,43+,44-/m0/s1. The summed E-state index contributed by atoms with van der Waals surface area (Å²) in [6, 6.07) is 0. The van der Waals surface area contributed by atoms with E-state index in [2.05, 4.69) is 19.9 Å². The van der Waals surface area contributed by atoms with Crippen LogP contribution in [-0.2, 0) is 28.6 Å². The van der Waals surface area contributed by atoms with E-state index in [1.807, 2.05) is 25.2 Å². The first kappa shape index (κ1) is 47.1. The highest BCUT2D eigenvalue weighted by Crippen LogP contribution is 2.46. The third-order valence-corrected chi connectivity index (χ3v) is 12.9. The van der Waals surface area contributed by atoms with Gasteiger partial charge in [-0.3, -0.25) is 9.59 Å². The zero-order chi connectivity index (χ0) is 41.4.